The van der Waals surface area contributed by atoms with Gasteiger partial charge in [0.25, 0.3) is 5.91 Å². The maximum atomic E-state index is 13.3. The third kappa shape index (κ3) is 3.01. The standard InChI is InChI=1S/C23H24N4O/c28-23(27-15-12-17-8-2-3-9-18(17)16-27)21-19-10-4-5-11-20(19)22(25-24-21)26-13-6-1-7-14-26/h2-5,8-11H,1,6-7,12-16H2. The number of aromatic nitrogens is 2. The van der Waals surface area contributed by atoms with Crippen LogP contribution in [0.25, 0.3) is 10.8 Å². The average Bonchev–Trinajstić information content (AvgIpc) is 2.78. The Bertz CT molecular complexity index is 1030. The van der Waals surface area contributed by atoms with Crippen molar-refractivity contribution in [3.05, 3.63) is 65.4 Å². The number of hydrogen-bond acceptors (Lipinski definition) is 4. The molecule has 1 aromatic heterocycles. The van der Waals surface area contributed by atoms with Crippen LogP contribution in [0, 0.1) is 0 Å². The monoisotopic (exact) mass is 372 g/mol. The van der Waals surface area contributed by atoms with Gasteiger partial charge in [-0.05, 0) is 36.8 Å². The van der Waals surface area contributed by atoms with Gasteiger partial charge in [-0.1, -0.05) is 48.5 Å². The molecule has 0 N–H and O–H groups in total. The van der Waals surface area contributed by atoms with Gasteiger partial charge in [-0.25, -0.2) is 0 Å². The van der Waals surface area contributed by atoms with Gasteiger partial charge in [-0.15, -0.1) is 10.2 Å². The van der Waals surface area contributed by atoms with Gasteiger partial charge in [0, 0.05) is 37.0 Å². The molecule has 0 bridgehead atoms. The summed E-state index contributed by atoms with van der Waals surface area (Å²) in [6.45, 7) is 3.38. The first kappa shape index (κ1) is 17.2. The molecule has 3 heterocycles. The van der Waals surface area contributed by atoms with Crippen LogP contribution in [-0.4, -0.2) is 40.6 Å². The molecule has 0 atom stereocenters. The van der Waals surface area contributed by atoms with Gasteiger partial charge in [0.1, 0.15) is 0 Å². The molecule has 2 aliphatic heterocycles. The van der Waals surface area contributed by atoms with E-state index in [1.54, 1.807) is 0 Å². The molecule has 2 aromatic carbocycles. The summed E-state index contributed by atoms with van der Waals surface area (Å²) in [5.41, 5.74) is 3.03. The van der Waals surface area contributed by atoms with Gasteiger partial charge in [-0.2, -0.15) is 0 Å². The van der Waals surface area contributed by atoms with Crippen LogP contribution in [0.1, 0.15) is 40.9 Å². The zero-order valence-electron chi connectivity index (χ0n) is 16.0. The molecule has 0 saturated carbocycles. The van der Waals surface area contributed by atoms with Crippen molar-refractivity contribution < 1.29 is 4.79 Å². The molecule has 142 valence electrons. The number of hydrogen-bond donors (Lipinski definition) is 0. The summed E-state index contributed by atoms with van der Waals surface area (Å²) in [6.07, 6.45) is 4.53. The maximum Gasteiger partial charge on any atom is 0.275 e. The minimum Gasteiger partial charge on any atom is -0.355 e. The van der Waals surface area contributed by atoms with Crippen molar-refractivity contribution in [2.45, 2.75) is 32.2 Å². The predicted molar refractivity (Wildman–Crippen MR) is 110 cm³/mol. The molecule has 0 radical (unpaired) electrons. The van der Waals surface area contributed by atoms with Gasteiger partial charge in [0.2, 0.25) is 0 Å². The van der Waals surface area contributed by atoms with E-state index in [1.165, 1.54) is 30.4 Å². The fraction of sp³-hybridized carbons (Fsp3) is 0.348. The van der Waals surface area contributed by atoms with E-state index in [0.29, 0.717) is 12.2 Å². The second-order valence-corrected chi connectivity index (χ2v) is 7.71. The molecule has 5 nitrogen and oxygen atoms in total. The number of carbonyl (C=O) groups excluding carboxylic acids is 1. The van der Waals surface area contributed by atoms with Crippen molar-refractivity contribution in [3.63, 3.8) is 0 Å². The summed E-state index contributed by atoms with van der Waals surface area (Å²) >= 11 is 0. The van der Waals surface area contributed by atoms with E-state index < -0.39 is 0 Å². The van der Waals surface area contributed by atoms with Gasteiger partial charge in [-0.3, -0.25) is 4.79 Å². The highest BCUT2D eigenvalue weighted by atomic mass is 16.2. The summed E-state index contributed by atoms with van der Waals surface area (Å²) in [4.78, 5) is 17.5. The number of anilines is 1. The van der Waals surface area contributed by atoms with Gasteiger partial charge >= 0.3 is 0 Å². The van der Waals surface area contributed by atoms with Crippen LogP contribution in [0.4, 0.5) is 5.82 Å². The van der Waals surface area contributed by atoms with E-state index in [0.717, 1.165) is 42.6 Å². The van der Waals surface area contributed by atoms with E-state index >= 15 is 0 Å². The van der Waals surface area contributed by atoms with E-state index in [1.807, 2.05) is 29.2 Å². The fourth-order valence-corrected chi connectivity index (χ4v) is 4.41. The second kappa shape index (κ2) is 7.23. The van der Waals surface area contributed by atoms with Crippen LogP contribution in [0.2, 0.25) is 0 Å². The first-order valence-corrected chi connectivity index (χ1v) is 10.2. The fourth-order valence-electron chi connectivity index (χ4n) is 4.41. The Hall–Kier alpha value is -2.95. The lowest BCUT2D eigenvalue weighted by molar-refractivity contribution is 0.0730. The highest BCUT2D eigenvalue weighted by Gasteiger charge is 2.26. The third-order valence-electron chi connectivity index (χ3n) is 5.94. The van der Waals surface area contributed by atoms with Crippen LogP contribution < -0.4 is 4.90 Å². The number of rotatable bonds is 2. The Labute approximate surface area is 165 Å². The SMILES string of the molecule is O=C(c1nnc(N2CCCCC2)c2ccccc12)N1CCc2ccccc2C1. The topological polar surface area (TPSA) is 49.3 Å². The first-order valence-electron chi connectivity index (χ1n) is 10.2. The van der Waals surface area contributed by atoms with Gasteiger partial charge in [0.15, 0.2) is 11.5 Å². The van der Waals surface area contributed by atoms with E-state index in [2.05, 4.69) is 39.4 Å². The van der Waals surface area contributed by atoms with Crippen LogP contribution >= 0.6 is 0 Å². The summed E-state index contributed by atoms with van der Waals surface area (Å²) in [5.74, 6) is 0.888. The van der Waals surface area contributed by atoms with Crippen molar-refractivity contribution in [3.8, 4) is 0 Å². The van der Waals surface area contributed by atoms with Gasteiger partial charge in [0.05, 0.1) is 0 Å². The number of nitrogens with zero attached hydrogens (tertiary/aromatic N) is 4. The number of piperidine rings is 1. The Morgan fingerprint density at radius 3 is 2.32 bits per heavy atom. The van der Waals surface area contributed by atoms with Crippen LogP contribution in [0.3, 0.4) is 0 Å². The molecule has 3 aromatic rings. The normalized spacial score (nSPS) is 16.9. The lowest BCUT2D eigenvalue weighted by Gasteiger charge is -2.30. The summed E-state index contributed by atoms with van der Waals surface area (Å²) < 4.78 is 0. The summed E-state index contributed by atoms with van der Waals surface area (Å²) in [5, 5.41) is 10.9. The van der Waals surface area contributed by atoms with Crippen LogP contribution in [0.5, 0.6) is 0 Å². The summed E-state index contributed by atoms with van der Waals surface area (Å²) in [7, 11) is 0. The highest BCUT2D eigenvalue weighted by molar-refractivity contribution is 6.07. The highest BCUT2D eigenvalue weighted by Crippen LogP contribution is 2.29. The van der Waals surface area contributed by atoms with E-state index in [4.69, 9.17) is 0 Å². The first-order chi connectivity index (χ1) is 13.8. The minimum atomic E-state index is -0.0246. The molecule has 28 heavy (non-hydrogen) atoms. The zero-order chi connectivity index (χ0) is 18.9. The predicted octanol–water partition coefficient (Wildman–Crippen LogP) is 3.82. The molecule has 5 rings (SSSR count). The molecule has 5 heteroatoms. The smallest absolute Gasteiger partial charge is 0.275 e. The Balaban J connectivity index is 1.50. The molecule has 0 unspecified atom stereocenters. The Kier molecular flexibility index (Phi) is 4.43. The Morgan fingerprint density at radius 2 is 1.50 bits per heavy atom. The summed E-state index contributed by atoms with van der Waals surface area (Å²) in [6, 6.07) is 16.4. The zero-order valence-corrected chi connectivity index (χ0v) is 16.0. The lowest BCUT2D eigenvalue weighted by Crippen LogP contribution is -2.37. The van der Waals surface area contributed by atoms with E-state index in [9.17, 15) is 4.79 Å². The third-order valence-corrected chi connectivity index (χ3v) is 5.94. The van der Waals surface area contributed by atoms with Crippen molar-refractivity contribution >= 4 is 22.5 Å². The van der Waals surface area contributed by atoms with Crippen LogP contribution in [-0.2, 0) is 13.0 Å². The molecule has 0 aliphatic carbocycles. The van der Waals surface area contributed by atoms with Crippen molar-refractivity contribution in [1.29, 1.82) is 0 Å². The lowest BCUT2D eigenvalue weighted by atomic mass is 9.99. The van der Waals surface area contributed by atoms with Crippen LogP contribution in [0.15, 0.2) is 48.5 Å². The number of benzene rings is 2. The average molecular weight is 372 g/mol. The van der Waals surface area contributed by atoms with E-state index in [-0.39, 0.29) is 5.91 Å². The number of carbonyl (C=O) groups is 1. The second-order valence-electron chi connectivity index (χ2n) is 7.71. The minimum absolute atomic E-state index is 0.0246. The van der Waals surface area contributed by atoms with Crippen molar-refractivity contribution in [1.82, 2.24) is 15.1 Å². The number of amides is 1. The number of fused-ring (bicyclic) bond motifs is 2. The molecule has 1 fully saturated rings. The van der Waals surface area contributed by atoms with Crippen molar-refractivity contribution in [2.75, 3.05) is 24.5 Å². The molecular weight excluding hydrogens is 348 g/mol. The van der Waals surface area contributed by atoms with Gasteiger partial charge < -0.3 is 9.80 Å². The molecule has 0 spiro atoms. The Morgan fingerprint density at radius 1 is 0.786 bits per heavy atom. The largest absolute Gasteiger partial charge is 0.355 e. The molecule has 1 amide bonds. The molecular formula is C23H24N4O. The molecule has 1 saturated heterocycles. The molecule has 2 aliphatic rings. The van der Waals surface area contributed by atoms with Crippen molar-refractivity contribution in [2.24, 2.45) is 0 Å². The maximum absolute atomic E-state index is 13.3. The quantitative estimate of drug-likeness (QED) is 0.686.